The Morgan fingerprint density at radius 2 is 2.08 bits per heavy atom. The van der Waals surface area contributed by atoms with Gasteiger partial charge in [0.25, 0.3) is 0 Å². The molecule has 0 saturated heterocycles. The molecule has 0 heterocycles. The number of amides is 1. The van der Waals surface area contributed by atoms with Gasteiger partial charge in [-0.1, -0.05) is 18.2 Å². The maximum absolute atomic E-state index is 12.0. The molecular formula is C18H15IN2O3. The number of para-hydroxylation sites is 1. The lowest BCUT2D eigenvalue weighted by Crippen LogP contribution is -2.08. The summed E-state index contributed by atoms with van der Waals surface area (Å²) in [5.41, 5.74) is 1.56. The predicted octanol–water partition coefficient (Wildman–Crippen LogP) is 3.85. The van der Waals surface area contributed by atoms with Crippen molar-refractivity contribution in [2.24, 2.45) is 0 Å². The third-order valence-electron chi connectivity index (χ3n) is 3.04. The minimum atomic E-state index is -0.220. The molecular weight excluding hydrogens is 419 g/mol. The van der Waals surface area contributed by atoms with Crippen LogP contribution >= 0.6 is 22.6 Å². The van der Waals surface area contributed by atoms with Crippen LogP contribution in [0, 0.1) is 14.9 Å². The summed E-state index contributed by atoms with van der Waals surface area (Å²) in [5.74, 6) is 0.771. The lowest BCUT2D eigenvalue weighted by atomic mass is 10.2. The number of methoxy groups -OCH3 is 1. The molecule has 0 aromatic heterocycles. The summed E-state index contributed by atoms with van der Waals surface area (Å²) in [6.45, 7) is -0.0519. The van der Waals surface area contributed by atoms with E-state index in [1.165, 1.54) is 13.2 Å². The van der Waals surface area contributed by atoms with E-state index < -0.39 is 0 Å². The van der Waals surface area contributed by atoms with Crippen LogP contribution in [0.25, 0.3) is 6.08 Å². The van der Waals surface area contributed by atoms with E-state index in [0.717, 1.165) is 14.8 Å². The van der Waals surface area contributed by atoms with Crippen molar-refractivity contribution in [2.45, 2.75) is 0 Å². The summed E-state index contributed by atoms with van der Waals surface area (Å²) in [6, 6.07) is 14.7. The molecule has 0 unspecified atom stereocenters. The molecule has 0 saturated carbocycles. The zero-order chi connectivity index (χ0) is 17.4. The van der Waals surface area contributed by atoms with Gasteiger partial charge in [-0.25, -0.2) is 0 Å². The molecule has 5 nitrogen and oxygen atoms in total. The Morgan fingerprint density at radius 1 is 1.29 bits per heavy atom. The Hall–Kier alpha value is -2.53. The van der Waals surface area contributed by atoms with E-state index in [0.29, 0.717) is 11.5 Å². The SMILES string of the molecule is COc1cc(/C=C/C(=O)Nc2ccccc2I)ccc1OCC#N. The highest BCUT2D eigenvalue weighted by Crippen LogP contribution is 2.28. The van der Waals surface area contributed by atoms with Gasteiger partial charge in [-0.15, -0.1) is 0 Å². The first-order chi connectivity index (χ1) is 11.6. The topological polar surface area (TPSA) is 71.3 Å². The Bertz CT molecular complexity index is 797. The van der Waals surface area contributed by atoms with E-state index in [2.05, 4.69) is 27.9 Å². The van der Waals surface area contributed by atoms with Gasteiger partial charge in [-0.05, 0) is 58.5 Å². The van der Waals surface area contributed by atoms with Crippen molar-refractivity contribution >= 4 is 40.3 Å². The number of benzene rings is 2. The van der Waals surface area contributed by atoms with Gasteiger partial charge >= 0.3 is 0 Å². The number of hydrogen-bond donors (Lipinski definition) is 1. The molecule has 0 aliphatic heterocycles. The Morgan fingerprint density at radius 3 is 2.79 bits per heavy atom. The monoisotopic (exact) mass is 434 g/mol. The van der Waals surface area contributed by atoms with Crippen molar-refractivity contribution < 1.29 is 14.3 Å². The number of carbonyl (C=O) groups excluding carboxylic acids is 1. The lowest BCUT2D eigenvalue weighted by molar-refractivity contribution is -0.111. The van der Waals surface area contributed by atoms with Crippen LogP contribution in [-0.2, 0) is 4.79 Å². The number of nitrogens with zero attached hydrogens (tertiary/aromatic N) is 1. The molecule has 0 atom stereocenters. The summed E-state index contributed by atoms with van der Waals surface area (Å²) < 4.78 is 11.5. The Labute approximate surface area is 154 Å². The van der Waals surface area contributed by atoms with Gasteiger partial charge in [0.1, 0.15) is 6.07 Å². The van der Waals surface area contributed by atoms with Crippen molar-refractivity contribution in [3.8, 4) is 17.6 Å². The molecule has 122 valence electrons. The zero-order valence-corrected chi connectivity index (χ0v) is 15.1. The molecule has 0 aliphatic rings. The second-order valence-corrected chi connectivity index (χ2v) is 5.82. The summed E-state index contributed by atoms with van der Waals surface area (Å²) in [6.07, 6.45) is 3.13. The Kier molecular flexibility index (Phi) is 6.63. The van der Waals surface area contributed by atoms with Crippen molar-refractivity contribution in [1.29, 1.82) is 5.26 Å². The van der Waals surface area contributed by atoms with Gasteiger partial charge in [0.05, 0.1) is 12.8 Å². The van der Waals surface area contributed by atoms with Gasteiger partial charge in [-0.2, -0.15) is 5.26 Å². The normalized spacial score (nSPS) is 10.2. The molecule has 2 rings (SSSR count). The average molecular weight is 434 g/mol. The van der Waals surface area contributed by atoms with Crippen molar-refractivity contribution in [2.75, 3.05) is 19.0 Å². The number of halogens is 1. The first-order valence-electron chi connectivity index (χ1n) is 7.05. The van der Waals surface area contributed by atoms with Gasteiger partial charge in [0.15, 0.2) is 18.1 Å². The smallest absolute Gasteiger partial charge is 0.248 e. The van der Waals surface area contributed by atoms with Crippen LogP contribution in [0.1, 0.15) is 5.56 Å². The fourth-order valence-electron chi connectivity index (χ4n) is 1.93. The highest BCUT2D eigenvalue weighted by molar-refractivity contribution is 14.1. The van der Waals surface area contributed by atoms with Crippen molar-refractivity contribution in [3.63, 3.8) is 0 Å². The molecule has 1 N–H and O–H groups in total. The molecule has 0 aliphatic carbocycles. The quantitative estimate of drug-likeness (QED) is 0.554. The van der Waals surface area contributed by atoms with Crippen LogP contribution in [0.3, 0.4) is 0 Å². The van der Waals surface area contributed by atoms with Gasteiger partial charge in [0, 0.05) is 9.65 Å². The third-order valence-corrected chi connectivity index (χ3v) is 3.98. The van der Waals surface area contributed by atoms with Crippen molar-refractivity contribution in [3.05, 3.63) is 57.7 Å². The van der Waals surface area contributed by atoms with Crippen LogP contribution in [0.5, 0.6) is 11.5 Å². The second kappa shape index (κ2) is 8.93. The third kappa shape index (κ3) is 4.99. The summed E-state index contributed by atoms with van der Waals surface area (Å²) in [7, 11) is 1.52. The number of nitrogens with one attached hydrogen (secondary N) is 1. The summed E-state index contributed by atoms with van der Waals surface area (Å²) >= 11 is 2.17. The molecule has 6 heteroatoms. The van der Waals surface area contributed by atoms with E-state index in [1.54, 1.807) is 24.3 Å². The number of ether oxygens (including phenoxy) is 2. The average Bonchev–Trinajstić information content (AvgIpc) is 2.60. The second-order valence-electron chi connectivity index (χ2n) is 4.66. The summed E-state index contributed by atoms with van der Waals surface area (Å²) in [5, 5.41) is 11.4. The molecule has 2 aromatic rings. The van der Waals surface area contributed by atoms with Crippen LogP contribution in [-0.4, -0.2) is 19.6 Å². The Balaban J connectivity index is 2.07. The van der Waals surface area contributed by atoms with Gasteiger partial charge in [-0.3, -0.25) is 4.79 Å². The molecule has 0 radical (unpaired) electrons. The minimum absolute atomic E-state index is 0.0519. The fraction of sp³-hybridized carbons (Fsp3) is 0.111. The molecule has 0 spiro atoms. The fourth-order valence-corrected chi connectivity index (χ4v) is 2.45. The van der Waals surface area contributed by atoms with E-state index in [1.807, 2.05) is 30.3 Å². The van der Waals surface area contributed by atoms with E-state index in [4.69, 9.17) is 14.7 Å². The van der Waals surface area contributed by atoms with Crippen LogP contribution < -0.4 is 14.8 Å². The highest BCUT2D eigenvalue weighted by atomic mass is 127. The van der Waals surface area contributed by atoms with Crippen LogP contribution in [0.15, 0.2) is 48.5 Å². The van der Waals surface area contributed by atoms with E-state index in [-0.39, 0.29) is 12.5 Å². The number of rotatable bonds is 6. The molecule has 0 fully saturated rings. The minimum Gasteiger partial charge on any atom is -0.493 e. The number of nitriles is 1. The van der Waals surface area contributed by atoms with Gasteiger partial charge in [0.2, 0.25) is 5.91 Å². The first kappa shape index (κ1) is 17.8. The predicted molar refractivity (Wildman–Crippen MR) is 101 cm³/mol. The van der Waals surface area contributed by atoms with Crippen LogP contribution in [0.2, 0.25) is 0 Å². The maximum atomic E-state index is 12.0. The molecule has 2 aromatic carbocycles. The number of carbonyl (C=O) groups is 1. The number of anilines is 1. The zero-order valence-electron chi connectivity index (χ0n) is 13.0. The molecule has 1 amide bonds. The number of hydrogen-bond acceptors (Lipinski definition) is 4. The maximum Gasteiger partial charge on any atom is 0.248 e. The van der Waals surface area contributed by atoms with E-state index in [9.17, 15) is 4.79 Å². The van der Waals surface area contributed by atoms with Gasteiger partial charge < -0.3 is 14.8 Å². The first-order valence-corrected chi connectivity index (χ1v) is 8.13. The van der Waals surface area contributed by atoms with Crippen molar-refractivity contribution in [1.82, 2.24) is 0 Å². The lowest BCUT2D eigenvalue weighted by Gasteiger charge is -2.09. The molecule has 0 bridgehead atoms. The standard InChI is InChI=1S/C18H15IN2O3/c1-23-17-12-13(6-8-16(17)24-11-10-20)7-9-18(22)21-15-5-3-2-4-14(15)19/h2-9,12H,11H2,1H3,(H,21,22)/b9-7+. The van der Waals surface area contributed by atoms with Crippen LogP contribution in [0.4, 0.5) is 5.69 Å². The largest absolute Gasteiger partial charge is 0.493 e. The van der Waals surface area contributed by atoms with E-state index >= 15 is 0 Å². The summed E-state index contributed by atoms with van der Waals surface area (Å²) in [4.78, 5) is 12.0. The highest BCUT2D eigenvalue weighted by Gasteiger charge is 2.05. The molecule has 24 heavy (non-hydrogen) atoms.